The van der Waals surface area contributed by atoms with Gasteiger partial charge in [-0.25, -0.2) is 19.2 Å². The summed E-state index contributed by atoms with van der Waals surface area (Å²) < 4.78 is 19.3. The number of nitrogens with one attached hydrogen (secondary N) is 2. The maximum atomic E-state index is 14.1. The molecule has 1 aliphatic heterocycles. The zero-order valence-electron chi connectivity index (χ0n) is 17.3. The molecule has 0 saturated heterocycles. The Morgan fingerprint density at radius 3 is 2.69 bits per heavy atom. The van der Waals surface area contributed by atoms with Crippen molar-refractivity contribution in [3.63, 3.8) is 0 Å². The molecule has 0 saturated carbocycles. The minimum atomic E-state index is -0.610. The monoisotopic (exact) mass is 450 g/mol. The van der Waals surface area contributed by atoms with Crippen LogP contribution in [0.2, 0.25) is 0 Å². The predicted molar refractivity (Wildman–Crippen MR) is 121 cm³/mol. The van der Waals surface area contributed by atoms with Crippen LogP contribution in [0, 0.1) is 5.82 Å². The number of para-hydroxylation sites is 2. The molecule has 0 radical (unpaired) electrons. The molecule has 0 aliphatic carbocycles. The van der Waals surface area contributed by atoms with Gasteiger partial charge < -0.3 is 15.4 Å². The van der Waals surface area contributed by atoms with Gasteiger partial charge in [0.2, 0.25) is 0 Å². The van der Waals surface area contributed by atoms with E-state index < -0.39 is 17.7 Å². The number of amides is 1. The molecule has 0 fully saturated rings. The third kappa shape index (κ3) is 4.28. The number of carbonyl (C=O) groups is 2. The third-order valence-corrected chi connectivity index (χ3v) is 5.64. The quantitative estimate of drug-likeness (QED) is 0.564. The Labute approximate surface area is 187 Å². The van der Waals surface area contributed by atoms with Crippen LogP contribution in [0.25, 0.3) is 10.6 Å². The second-order valence-corrected chi connectivity index (χ2v) is 7.82. The third-order valence-electron chi connectivity index (χ3n) is 4.62. The fourth-order valence-corrected chi connectivity index (χ4v) is 3.98. The number of hydrogen-bond donors (Lipinski definition) is 2. The van der Waals surface area contributed by atoms with Crippen LogP contribution in [0.1, 0.15) is 23.5 Å². The van der Waals surface area contributed by atoms with Gasteiger partial charge in [0.05, 0.1) is 24.2 Å². The number of nitrogens with zero attached hydrogens (tertiary/aromatic N) is 2. The van der Waals surface area contributed by atoms with Gasteiger partial charge in [-0.05, 0) is 38.1 Å². The van der Waals surface area contributed by atoms with Crippen molar-refractivity contribution in [1.82, 2.24) is 10.3 Å². The summed E-state index contributed by atoms with van der Waals surface area (Å²) >= 11 is 1.04. The summed E-state index contributed by atoms with van der Waals surface area (Å²) in [6.07, 6.45) is 1.37. The molecule has 32 heavy (non-hydrogen) atoms. The Balaban J connectivity index is 1.68. The Morgan fingerprint density at radius 2 is 1.91 bits per heavy atom. The lowest BCUT2D eigenvalue weighted by molar-refractivity contribution is -0.137. The predicted octanol–water partition coefficient (Wildman–Crippen LogP) is 4.67. The molecule has 2 N–H and O–H groups in total. The maximum absolute atomic E-state index is 14.1. The Morgan fingerprint density at radius 1 is 1.16 bits per heavy atom. The number of fused-ring (bicyclic) bond motifs is 1. The smallest absolute Gasteiger partial charge is 0.343 e. The second-order valence-electron chi connectivity index (χ2n) is 6.79. The van der Waals surface area contributed by atoms with Crippen LogP contribution in [0.15, 0.2) is 71.0 Å². The Kier molecular flexibility index (Phi) is 6.09. The number of hydrogen-bond acceptors (Lipinski definition) is 7. The van der Waals surface area contributed by atoms with Crippen molar-refractivity contribution in [3.05, 3.63) is 76.7 Å². The molecule has 0 bridgehead atoms. The summed E-state index contributed by atoms with van der Waals surface area (Å²) in [7, 11) is 0. The number of aliphatic imine (C=N–C) groups is 1. The van der Waals surface area contributed by atoms with Gasteiger partial charge in [-0.3, -0.25) is 4.79 Å². The number of rotatable bonds is 4. The molecule has 1 aromatic heterocycles. The Bertz CT molecular complexity index is 1270. The molecular formula is C23H19FN4O3S. The molecular weight excluding hydrogens is 431 g/mol. The van der Waals surface area contributed by atoms with Crippen molar-refractivity contribution < 1.29 is 18.7 Å². The van der Waals surface area contributed by atoms with Gasteiger partial charge in [-0.15, -0.1) is 11.3 Å². The van der Waals surface area contributed by atoms with Gasteiger partial charge in [0, 0.05) is 11.3 Å². The number of halogens is 1. The minimum absolute atomic E-state index is 0.0595. The highest BCUT2D eigenvalue weighted by Crippen LogP contribution is 2.31. The first-order chi connectivity index (χ1) is 15.5. The highest BCUT2D eigenvalue weighted by atomic mass is 32.1. The SMILES string of the molecule is CCOC(=O)C1=C(C)Nc2ccccc2N=C1NC(=O)c1cnc(-c2ccccc2F)s1. The van der Waals surface area contributed by atoms with Crippen molar-refractivity contribution >= 4 is 40.4 Å². The van der Waals surface area contributed by atoms with Crippen LogP contribution in [0.4, 0.5) is 15.8 Å². The molecule has 0 spiro atoms. The standard InChI is InChI=1S/C23H19FN4O3S/c1-3-31-23(30)19-13(2)26-16-10-6-7-11-17(16)27-20(19)28-21(29)18-12-25-22(32-18)14-8-4-5-9-15(14)24/h4-12,26H,3H2,1-2H3,(H,27,28,29). The number of ether oxygens (including phenoxy) is 1. The summed E-state index contributed by atoms with van der Waals surface area (Å²) in [6.45, 7) is 3.58. The molecule has 4 rings (SSSR count). The lowest BCUT2D eigenvalue weighted by atomic mass is 10.2. The molecule has 162 valence electrons. The van der Waals surface area contributed by atoms with Crippen molar-refractivity contribution in [2.24, 2.45) is 4.99 Å². The van der Waals surface area contributed by atoms with E-state index in [9.17, 15) is 14.0 Å². The topological polar surface area (TPSA) is 92.7 Å². The van der Waals surface area contributed by atoms with E-state index in [0.29, 0.717) is 27.6 Å². The van der Waals surface area contributed by atoms with Crippen LogP contribution in [0.3, 0.4) is 0 Å². The van der Waals surface area contributed by atoms with E-state index in [0.717, 1.165) is 11.3 Å². The van der Waals surface area contributed by atoms with E-state index in [1.165, 1.54) is 12.3 Å². The normalized spacial score (nSPS) is 12.9. The molecule has 7 nitrogen and oxygen atoms in total. The molecule has 0 unspecified atom stereocenters. The summed E-state index contributed by atoms with van der Waals surface area (Å²) in [5.74, 6) is -1.49. The van der Waals surface area contributed by atoms with E-state index in [1.807, 2.05) is 12.1 Å². The fraction of sp³-hybridized carbons (Fsp3) is 0.130. The molecule has 3 aromatic rings. The van der Waals surface area contributed by atoms with E-state index in [4.69, 9.17) is 4.74 Å². The van der Waals surface area contributed by atoms with E-state index in [1.54, 1.807) is 44.2 Å². The number of carbonyl (C=O) groups excluding carboxylic acids is 2. The second kappa shape index (κ2) is 9.11. The summed E-state index contributed by atoms with van der Waals surface area (Å²) in [5, 5.41) is 6.23. The maximum Gasteiger partial charge on any atom is 0.343 e. The van der Waals surface area contributed by atoms with Crippen LogP contribution in [0.5, 0.6) is 0 Å². The Hall–Kier alpha value is -3.85. The zero-order chi connectivity index (χ0) is 22.7. The van der Waals surface area contributed by atoms with Crippen LogP contribution in [-0.4, -0.2) is 29.3 Å². The average molecular weight is 450 g/mol. The van der Waals surface area contributed by atoms with Crippen molar-refractivity contribution in [2.75, 3.05) is 11.9 Å². The number of amidine groups is 1. The van der Waals surface area contributed by atoms with Crippen molar-refractivity contribution in [1.29, 1.82) is 0 Å². The van der Waals surface area contributed by atoms with Crippen LogP contribution < -0.4 is 10.6 Å². The van der Waals surface area contributed by atoms with Gasteiger partial charge in [0.25, 0.3) is 5.91 Å². The summed E-state index contributed by atoms with van der Waals surface area (Å²) in [4.78, 5) is 34.6. The first-order valence-corrected chi connectivity index (χ1v) is 10.6. The van der Waals surface area contributed by atoms with E-state index >= 15 is 0 Å². The fourth-order valence-electron chi connectivity index (χ4n) is 3.15. The molecule has 9 heteroatoms. The summed E-state index contributed by atoms with van der Waals surface area (Å²) in [5.41, 5.74) is 2.16. The lowest BCUT2D eigenvalue weighted by Crippen LogP contribution is -2.35. The molecule has 1 aliphatic rings. The minimum Gasteiger partial charge on any atom is -0.462 e. The zero-order valence-corrected chi connectivity index (χ0v) is 18.1. The van der Waals surface area contributed by atoms with Crippen molar-refractivity contribution in [2.45, 2.75) is 13.8 Å². The molecule has 0 atom stereocenters. The number of aromatic nitrogens is 1. The highest BCUT2D eigenvalue weighted by Gasteiger charge is 2.27. The average Bonchev–Trinajstić information content (AvgIpc) is 3.20. The molecule has 1 amide bonds. The van der Waals surface area contributed by atoms with E-state index in [2.05, 4.69) is 20.6 Å². The first-order valence-electron chi connectivity index (χ1n) is 9.83. The van der Waals surface area contributed by atoms with Gasteiger partial charge in [0.15, 0.2) is 0 Å². The summed E-state index contributed by atoms with van der Waals surface area (Å²) in [6, 6.07) is 13.4. The number of benzene rings is 2. The lowest BCUT2D eigenvalue weighted by Gasteiger charge is -2.12. The van der Waals surface area contributed by atoms with Crippen LogP contribution in [-0.2, 0) is 9.53 Å². The van der Waals surface area contributed by atoms with Gasteiger partial charge in [0.1, 0.15) is 27.1 Å². The molecule has 2 heterocycles. The largest absolute Gasteiger partial charge is 0.462 e. The van der Waals surface area contributed by atoms with Crippen LogP contribution >= 0.6 is 11.3 Å². The van der Waals surface area contributed by atoms with Gasteiger partial charge in [-0.1, -0.05) is 24.3 Å². The van der Waals surface area contributed by atoms with E-state index in [-0.39, 0.29) is 22.9 Å². The number of thiazole rings is 1. The van der Waals surface area contributed by atoms with Crippen molar-refractivity contribution in [3.8, 4) is 10.6 Å². The van der Waals surface area contributed by atoms with Gasteiger partial charge >= 0.3 is 5.97 Å². The number of anilines is 1. The molecule has 2 aromatic carbocycles. The number of esters is 1. The highest BCUT2D eigenvalue weighted by molar-refractivity contribution is 7.17. The first kappa shape index (κ1) is 21.4. The number of allylic oxidation sites excluding steroid dienone is 1. The van der Waals surface area contributed by atoms with Gasteiger partial charge in [-0.2, -0.15) is 0 Å².